The van der Waals surface area contributed by atoms with Crippen LogP contribution >= 0.6 is 0 Å². The first-order chi connectivity index (χ1) is 9.79. The number of aliphatic hydroxyl groups excluding tert-OH is 1. The van der Waals surface area contributed by atoms with Gasteiger partial charge in [-0.05, 0) is 25.5 Å². The fourth-order valence-corrected chi connectivity index (χ4v) is 2.40. The van der Waals surface area contributed by atoms with E-state index in [1.165, 1.54) is 19.3 Å². The molecule has 0 amide bonds. The van der Waals surface area contributed by atoms with Crippen LogP contribution in [-0.2, 0) is 10.3 Å². The fraction of sp³-hybridized carbons (Fsp3) is 0.647. The van der Waals surface area contributed by atoms with Gasteiger partial charge in [-0.1, -0.05) is 56.5 Å². The molecule has 20 heavy (non-hydrogen) atoms. The summed E-state index contributed by atoms with van der Waals surface area (Å²) in [7, 11) is 1.89. The van der Waals surface area contributed by atoms with Crippen molar-refractivity contribution in [1.29, 1.82) is 0 Å². The highest BCUT2D eigenvalue weighted by Crippen LogP contribution is 2.24. The molecule has 0 aliphatic heterocycles. The highest BCUT2D eigenvalue weighted by atomic mass is 16.5. The maximum Gasteiger partial charge on any atom is 0.0688 e. The maximum atomic E-state index is 9.78. The zero-order chi connectivity index (χ0) is 14.7. The van der Waals surface area contributed by atoms with Crippen molar-refractivity contribution in [2.24, 2.45) is 0 Å². The minimum absolute atomic E-state index is 0.0761. The summed E-state index contributed by atoms with van der Waals surface area (Å²) >= 11 is 0. The number of nitrogens with one attached hydrogen (secondary N) is 1. The van der Waals surface area contributed by atoms with Crippen LogP contribution < -0.4 is 5.32 Å². The van der Waals surface area contributed by atoms with Crippen LogP contribution in [0.1, 0.15) is 44.6 Å². The molecule has 3 nitrogen and oxygen atoms in total. The molecular weight excluding hydrogens is 250 g/mol. The van der Waals surface area contributed by atoms with Gasteiger partial charge in [0, 0.05) is 13.2 Å². The number of hydrogen-bond donors (Lipinski definition) is 2. The van der Waals surface area contributed by atoms with Gasteiger partial charge in [0.25, 0.3) is 0 Å². The third kappa shape index (κ3) is 5.23. The Morgan fingerprint density at radius 1 is 1.10 bits per heavy atom. The summed E-state index contributed by atoms with van der Waals surface area (Å²) in [6.07, 6.45) is 5.68. The van der Waals surface area contributed by atoms with E-state index in [0.29, 0.717) is 6.61 Å². The fourth-order valence-electron chi connectivity index (χ4n) is 2.40. The normalized spacial score (nSPS) is 14.2. The molecular formula is C17H29NO2. The number of unbranched alkanes of at least 4 members (excludes halogenated alkanes) is 3. The monoisotopic (exact) mass is 279 g/mol. The Bertz CT molecular complexity index is 336. The molecule has 1 atom stereocenters. The zero-order valence-electron chi connectivity index (χ0n) is 12.9. The number of aliphatic hydroxyl groups is 1. The Morgan fingerprint density at radius 2 is 1.85 bits per heavy atom. The third-order valence-corrected chi connectivity index (χ3v) is 3.89. The van der Waals surface area contributed by atoms with Crippen LogP contribution in [0.25, 0.3) is 0 Å². The van der Waals surface area contributed by atoms with Gasteiger partial charge < -0.3 is 15.2 Å². The van der Waals surface area contributed by atoms with Gasteiger partial charge in [-0.25, -0.2) is 0 Å². The van der Waals surface area contributed by atoms with Crippen LogP contribution in [0.5, 0.6) is 0 Å². The van der Waals surface area contributed by atoms with Gasteiger partial charge in [0.15, 0.2) is 0 Å². The van der Waals surface area contributed by atoms with Gasteiger partial charge in [0.2, 0.25) is 0 Å². The number of rotatable bonds is 11. The molecule has 0 fully saturated rings. The van der Waals surface area contributed by atoms with E-state index in [4.69, 9.17) is 4.74 Å². The summed E-state index contributed by atoms with van der Waals surface area (Å²) in [6.45, 7) is 3.78. The van der Waals surface area contributed by atoms with Crippen molar-refractivity contribution in [2.45, 2.75) is 44.6 Å². The van der Waals surface area contributed by atoms with Crippen molar-refractivity contribution in [2.75, 3.05) is 26.9 Å². The van der Waals surface area contributed by atoms with E-state index in [0.717, 1.165) is 25.0 Å². The van der Waals surface area contributed by atoms with E-state index >= 15 is 0 Å². The minimum Gasteiger partial charge on any atom is -0.394 e. The Labute approximate surface area is 123 Å². The molecule has 1 aromatic carbocycles. The van der Waals surface area contributed by atoms with Crippen molar-refractivity contribution < 1.29 is 9.84 Å². The van der Waals surface area contributed by atoms with E-state index in [-0.39, 0.29) is 6.61 Å². The highest BCUT2D eigenvalue weighted by Gasteiger charge is 2.29. The van der Waals surface area contributed by atoms with E-state index in [9.17, 15) is 5.11 Å². The Kier molecular flexibility index (Phi) is 8.51. The topological polar surface area (TPSA) is 41.5 Å². The molecule has 1 rings (SSSR count). The predicted octanol–water partition coefficient (Wildman–Crippen LogP) is 3.08. The van der Waals surface area contributed by atoms with Crippen molar-refractivity contribution in [3.63, 3.8) is 0 Å². The highest BCUT2D eigenvalue weighted by molar-refractivity contribution is 5.24. The molecule has 3 heteroatoms. The second-order valence-electron chi connectivity index (χ2n) is 5.28. The molecule has 0 radical (unpaired) electrons. The van der Waals surface area contributed by atoms with Crippen molar-refractivity contribution in [3.05, 3.63) is 35.9 Å². The lowest BCUT2D eigenvalue weighted by molar-refractivity contribution is 0.0802. The summed E-state index contributed by atoms with van der Waals surface area (Å²) in [5, 5.41) is 13.0. The second-order valence-corrected chi connectivity index (χ2v) is 5.28. The first-order valence-electron chi connectivity index (χ1n) is 7.72. The molecule has 1 aromatic rings. The SMILES string of the molecule is CCCCCCOCCC(CO)(NC)c1ccccc1. The Balaban J connectivity index is 2.40. The quantitative estimate of drug-likeness (QED) is 0.612. The second kappa shape index (κ2) is 9.92. The van der Waals surface area contributed by atoms with E-state index in [1.807, 2.05) is 37.4 Å². The van der Waals surface area contributed by atoms with Gasteiger partial charge in [-0.15, -0.1) is 0 Å². The molecule has 0 saturated heterocycles. The van der Waals surface area contributed by atoms with Gasteiger partial charge in [0.1, 0.15) is 0 Å². The van der Waals surface area contributed by atoms with Crippen LogP contribution in [0.15, 0.2) is 30.3 Å². The van der Waals surface area contributed by atoms with Gasteiger partial charge >= 0.3 is 0 Å². The molecule has 0 saturated carbocycles. The zero-order valence-corrected chi connectivity index (χ0v) is 12.9. The smallest absolute Gasteiger partial charge is 0.0688 e. The maximum absolute atomic E-state index is 9.78. The van der Waals surface area contributed by atoms with Gasteiger partial charge in [-0.3, -0.25) is 0 Å². The van der Waals surface area contributed by atoms with E-state index in [2.05, 4.69) is 12.2 Å². The van der Waals surface area contributed by atoms with Crippen molar-refractivity contribution >= 4 is 0 Å². The number of likely N-dealkylation sites (N-methyl/N-ethyl adjacent to an activating group) is 1. The Hall–Kier alpha value is -0.900. The summed E-state index contributed by atoms with van der Waals surface area (Å²) in [6, 6.07) is 10.1. The lowest BCUT2D eigenvalue weighted by Crippen LogP contribution is -2.44. The molecule has 0 bridgehead atoms. The largest absolute Gasteiger partial charge is 0.394 e. The van der Waals surface area contributed by atoms with Crippen LogP contribution in [0, 0.1) is 0 Å². The van der Waals surface area contributed by atoms with Crippen LogP contribution in [0.2, 0.25) is 0 Å². The summed E-state index contributed by atoms with van der Waals surface area (Å²) in [5.41, 5.74) is 0.713. The third-order valence-electron chi connectivity index (χ3n) is 3.89. The lowest BCUT2D eigenvalue weighted by atomic mass is 9.88. The standard InChI is InChI=1S/C17H29NO2/c1-3-4-5-9-13-20-14-12-17(15-19,18-2)16-10-7-6-8-11-16/h6-8,10-11,18-19H,3-5,9,12-15H2,1-2H3. The Morgan fingerprint density at radius 3 is 2.45 bits per heavy atom. The van der Waals surface area contributed by atoms with Crippen LogP contribution in [0.4, 0.5) is 0 Å². The molecule has 0 aromatic heterocycles. The van der Waals surface area contributed by atoms with Gasteiger partial charge in [0.05, 0.1) is 12.1 Å². The average Bonchev–Trinajstić information content (AvgIpc) is 2.52. The summed E-state index contributed by atoms with van der Waals surface area (Å²) in [5.74, 6) is 0. The molecule has 0 aliphatic carbocycles. The van der Waals surface area contributed by atoms with Crippen molar-refractivity contribution in [1.82, 2.24) is 5.32 Å². The van der Waals surface area contributed by atoms with Crippen LogP contribution in [-0.4, -0.2) is 32.0 Å². The van der Waals surface area contributed by atoms with Crippen molar-refractivity contribution in [3.8, 4) is 0 Å². The van der Waals surface area contributed by atoms with Crippen LogP contribution in [0.3, 0.4) is 0 Å². The number of ether oxygens (including phenoxy) is 1. The number of benzene rings is 1. The molecule has 114 valence electrons. The molecule has 0 aliphatic rings. The molecule has 0 spiro atoms. The number of hydrogen-bond acceptors (Lipinski definition) is 3. The molecule has 0 heterocycles. The first kappa shape index (κ1) is 17.2. The molecule has 1 unspecified atom stereocenters. The summed E-state index contributed by atoms with van der Waals surface area (Å²) in [4.78, 5) is 0. The van der Waals surface area contributed by atoms with Gasteiger partial charge in [-0.2, -0.15) is 0 Å². The van der Waals surface area contributed by atoms with E-state index < -0.39 is 5.54 Å². The average molecular weight is 279 g/mol. The first-order valence-corrected chi connectivity index (χ1v) is 7.72. The summed E-state index contributed by atoms with van der Waals surface area (Å²) < 4.78 is 5.71. The predicted molar refractivity (Wildman–Crippen MR) is 83.8 cm³/mol. The minimum atomic E-state index is -0.398. The van der Waals surface area contributed by atoms with E-state index in [1.54, 1.807) is 0 Å². The lowest BCUT2D eigenvalue weighted by Gasteiger charge is -2.32. The molecule has 2 N–H and O–H groups in total.